The first kappa shape index (κ1) is 11.4. The molecule has 0 saturated carbocycles. The van der Waals surface area contributed by atoms with Gasteiger partial charge in [0.1, 0.15) is 0 Å². The second-order valence-corrected chi connectivity index (χ2v) is 5.31. The zero-order chi connectivity index (χ0) is 10.9. The van der Waals surface area contributed by atoms with E-state index in [1.54, 1.807) is 0 Å². The molecule has 3 nitrogen and oxygen atoms in total. The number of hydrogen-bond acceptors (Lipinski definition) is 3. The Balaban J connectivity index is 2.04. The van der Waals surface area contributed by atoms with E-state index >= 15 is 0 Å². The Labute approximate surface area is 93.2 Å². The Hall–Kier alpha value is -0.120. The predicted molar refractivity (Wildman–Crippen MR) is 62.1 cm³/mol. The van der Waals surface area contributed by atoms with Gasteiger partial charge in [0.25, 0.3) is 0 Å². The Morgan fingerprint density at radius 2 is 2.33 bits per heavy atom. The molecule has 2 rings (SSSR count). The quantitative estimate of drug-likeness (QED) is 0.745. The SMILES string of the molecule is CCC1CN(C2(C)CCOC2)C(C)CN1. The van der Waals surface area contributed by atoms with Crippen LogP contribution in [0.1, 0.15) is 33.6 Å². The maximum atomic E-state index is 5.57. The van der Waals surface area contributed by atoms with Gasteiger partial charge in [-0.2, -0.15) is 0 Å². The normalized spacial score (nSPS) is 43.4. The number of rotatable bonds is 2. The second-order valence-electron chi connectivity index (χ2n) is 5.31. The van der Waals surface area contributed by atoms with Crippen molar-refractivity contribution in [2.45, 2.75) is 51.2 Å². The summed E-state index contributed by atoms with van der Waals surface area (Å²) in [7, 11) is 0. The van der Waals surface area contributed by atoms with Crippen molar-refractivity contribution >= 4 is 0 Å². The van der Waals surface area contributed by atoms with Crippen LogP contribution < -0.4 is 5.32 Å². The molecule has 0 aromatic heterocycles. The molecule has 0 bridgehead atoms. The first-order valence-electron chi connectivity index (χ1n) is 6.23. The maximum Gasteiger partial charge on any atom is 0.0648 e. The van der Waals surface area contributed by atoms with Gasteiger partial charge in [-0.25, -0.2) is 0 Å². The fourth-order valence-electron chi connectivity index (χ4n) is 2.84. The van der Waals surface area contributed by atoms with E-state index < -0.39 is 0 Å². The van der Waals surface area contributed by atoms with Gasteiger partial charge < -0.3 is 10.1 Å². The highest BCUT2D eigenvalue weighted by atomic mass is 16.5. The van der Waals surface area contributed by atoms with E-state index in [0.717, 1.165) is 19.8 Å². The fourth-order valence-corrected chi connectivity index (χ4v) is 2.84. The van der Waals surface area contributed by atoms with E-state index in [0.29, 0.717) is 12.1 Å². The molecule has 0 amide bonds. The maximum absolute atomic E-state index is 5.57. The first-order valence-corrected chi connectivity index (χ1v) is 6.23. The van der Waals surface area contributed by atoms with Gasteiger partial charge in [-0.3, -0.25) is 4.90 Å². The van der Waals surface area contributed by atoms with Gasteiger partial charge in [0.2, 0.25) is 0 Å². The summed E-state index contributed by atoms with van der Waals surface area (Å²) in [4.78, 5) is 2.66. The van der Waals surface area contributed by atoms with Crippen LogP contribution in [0.3, 0.4) is 0 Å². The monoisotopic (exact) mass is 212 g/mol. The summed E-state index contributed by atoms with van der Waals surface area (Å²) in [6.07, 6.45) is 2.41. The van der Waals surface area contributed by atoms with Gasteiger partial charge in [-0.05, 0) is 26.7 Å². The molecular formula is C12H24N2O. The molecule has 3 heteroatoms. The largest absolute Gasteiger partial charge is 0.379 e. The highest BCUT2D eigenvalue weighted by Gasteiger charge is 2.40. The molecule has 2 heterocycles. The van der Waals surface area contributed by atoms with Gasteiger partial charge in [0.15, 0.2) is 0 Å². The molecule has 1 N–H and O–H groups in total. The smallest absolute Gasteiger partial charge is 0.0648 e. The van der Waals surface area contributed by atoms with Crippen molar-refractivity contribution in [1.82, 2.24) is 10.2 Å². The Kier molecular flexibility index (Phi) is 3.33. The van der Waals surface area contributed by atoms with Crippen molar-refractivity contribution in [3.63, 3.8) is 0 Å². The summed E-state index contributed by atoms with van der Waals surface area (Å²) in [5.41, 5.74) is 0.287. The summed E-state index contributed by atoms with van der Waals surface area (Å²) >= 11 is 0. The molecule has 2 saturated heterocycles. The zero-order valence-corrected chi connectivity index (χ0v) is 10.3. The Bertz CT molecular complexity index is 214. The van der Waals surface area contributed by atoms with Crippen molar-refractivity contribution in [2.75, 3.05) is 26.3 Å². The summed E-state index contributed by atoms with van der Waals surface area (Å²) < 4.78 is 5.57. The molecule has 2 aliphatic rings. The molecule has 3 unspecified atom stereocenters. The van der Waals surface area contributed by atoms with Crippen molar-refractivity contribution in [1.29, 1.82) is 0 Å². The highest BCUT2D eigenvalue weighted by Crippen LogP contribution is 2.29. The van der Waals surface area contributed by atoms with E-state index in [1.165, 1.54) is 19.4 Å². The summed E-state index contributed by atoms with van der Waals surface area (Å²) in [5, 5.41) is 3.61. The molecule has 15 heavy (non-hydrogen) atoms. The summed E-state index contributed by atoms with van der Waals surface area (Å²) in [6, 6.07) is 1.30. The van der Waals surface area contributed by atoms with Crippen LogP contribution in [0.15, 0.2) is 0 Å². The van der Waals surface area contributed by atoms with Crippen LogP contribution in [0.2, 0.25) is 0 Å². The van der Waals surface area contributed by atoms with Crippen LogP contribution in [0.25, 0.3) is 0 Å². The molecule has 0 spiro atoms. The van der Waals surface area contributed by atoms with Gasteiger partial charge in [-0.1, -0.05) is 6.92 Å². The molecule has 0 aromatic carbocycles. The summed E-state index contributed by atoms with van der Waals surface area (Å²) in [5.74, 6) is 0. The lowest BCUT2D eigenvalue weighted by molar-refractivity contribution is 0.0184. The molecule has 0 radical (unpaired) electrons. The minimum absolute atomic E-state index is 0.287. The van der Waals surface area contributed by atoms with Crippen molar-refractivity contribution in [3.05, 3.63) is 0 Å². The predicted octanol–water partition coefficient (Wildman–Crippen LogP) is 1.24. The van der Waals surface area contributed by atoms with Gasteiger partial charge in [0.05, 0.1) is 6.61 Å². The van der Waals surface area contributed by atoms with Crippen LogP contribution in [0.5, 0.6) is 0 Å². The van der Waals surface area contributed by atoms with Gasteiger partial charge >= 0.3 is 0 Å². The van der Waals surface area contributed by atoms with E-state index in [2.05, 4.69) is 31.0 Å². The minimum atomic E-state index is 0.287. The van der Waals surface area contributed by atoms with Gasteiger partial charge in [-0.15, -0.1) is 0 Å². The average molecular weight is 212 g/mol. The third-order valence-electron chi connectivity index (χ3n) is 4.04. The molecular weight excluding hydrogens is 188 g/mol. The molecule has 2 fully saturated rings. The van der Waals surface area contributed by atoms with Crippen LogP contribution in [-0.2, 0) is 4.74 Å². The van der Waals surface area contributed by atoms with Crippen LogP contribution in [0.4, 0.5) is 0 Å². The van der Waals surface area contributed by atoms with E-state index in [4.69, 9.17) is 4.74 Å². The lowest BCUT2D eigenvalue weighted by atomic mass is 9.94. The van der Waals surface area contributed by atoms with Crippen LogP contribution >= 0.6 is 0 Å². The van der Waals surface area contributed by atoms with Crippen LogP contribution in [-0.4, -0.2) is 48.8 Å². The van der Waals surface area contributed by atoms with Crippen molar-refractivity contribution < 1.29 is 4.74 Å². The third-order valence-corrected chi connectivity index (χ3v) is 4.04. The molecule has 0 aromatic rings. The number of hydrogen-bond donors (Lipinski definition) is 1. The fraction of sp³-hybridized carbons (Fsp3) is 1.00. The number of piperazine rings is 1. The number of ether oxygens (including phenoxy) is 1. The minimum Gasteiger partial charge on any atom is -0.379 e. The van der Waals surface area contributed by atoms with Crippen LogP contribution in [0, 0.1) is 0 Å². The highest BCUT2D eigenvalue weighted by molar-refractivity contribution is 4.96. The summed E-state index contributed by atoms with van der Waals surface area (Å²) in [6.45, 7) is 11.1. The Morgan fingerprint density at radius 1 is 1.53 bits per heavy atom. The van der Waals surface area contributed by atoms with Crippen molar-refractivity contribution in [3.8, 4) is 0 Å². The average Bonchev–Trinajstić information content (AvgIpc) is 2.67. The zero-order valence-electron chi connectivity index (χ0n) is 10.3. The third kappa shape index (κ3) is 2.19. The van der Waals surface area contributed by atoms with Crippen molar-refractivity contribution in [2.24, 2.45) is 0 Å². The van der Waals surface area contributed by atoms with E-state index in [9.17, 15) is 0 Å². The molecule has 2 aliphatic heterocycles. The first-order chi connectivity index (χ1) is 7.15. The lowest BCUT2D eigenvalue weighted by Gasteiger charge is -2.47. The molecule has 88 valence electrons. The van der Waals surface area contributed by atoms with E-state index in [1.807, 2.05) is 0 Å². The van der Waals surface area contributed by atoms with Gasteiger partial charge in [0, 0.05) is 37.3 Å². The molecule has 3 atom stereocenters. The topological polar surface area (TPSA) is 24.5 Å². The number of nitrogens with one attached hydrogen (secondary N) is 1. The number of nitrogens with zero attached hydrogens (tertiary/aromatic N) is 1. The van der Waals surface area contributed by atoms with E-state index in [-0.39, 0.29) is 5.54 Å². The molecule has 0 aliphatic carbocycles. The second kappa shape index (κ2) is 4.40. The Morgan fingerprint density at radius 3 is 2.93 bits per heavy atom. The lowest BCUT2D eigenvalue weighted by Crippen LogP contribution is -2.62. The standard InChI is InChI=1S/C12H24N2O/c1-4-11-8-14(10(2)7-13-11)12(3)5-6-15-9-12/h10-11,13H,4-9H2,1-3H3.